The van der Waals surface area contributed by atoms with Gasteiger partial charge in [0.15, 0.2) is 0 Å². The number of hydrogen-bond donors (Lipinski definition) is 0. The zero-order valence-corrected chi connectivity index (χ0v) is 13.3. The predicted octanol–water partition coefficient (Wildman–Crippen LogP) is 0.926. The Morgan fingerprint density at radius 1 is 1.00 bits per heavy atom. The van der Waals surface area contributed by atoms with Gasteiger partial charge < -0.3 is 0 Å². The quantitative estimate of drug-likeness (QED) is 0.566. The fourth-order valence-electron chi connectivity index (χ4n) is 1.33. The summed E-state index contributed by atoms with van der Waals surface area (Å²) in [5.74, 6) is 0. The summed E-state index contributed by atoms with van der Waals surface area (Å²) in [5, 5.41) is 1.09. The third-order valence-electron chi connectivity index (χ3n) is 2.95. The first-order chi connectivity index (χ1) is 4.67. The van der Waals surface area contributed by atoms with Crippen molar-refractivity contribution in [1.82, 2.24) is 0 Å². The van der Waals surface area contributed by atoms with E-state index < -0.39 is 0 Å². The molecule has 0 rings (SSSR count). The summed E-state index contributed by atoms with van der Waals surface area (Å²) in [4.78, 5) is 0. The molecule has 0 aromatic rings. The van der Waals surface area contributed by atoms with Gasteiger partial charge in [-0.05, 0) is 10.8 Å². The molecule has 2 heteroatoms. The van der Waals surface area contributed by atoms with Crippen LogP contribution < -0.4 is 0 Å². The molecule has 0 saturated carbocycles. The lowest BCUT2D eigenvalue weighted by Gasteiger charge is -2.40. The van der Waals surface area contributed by atoms with Crippen LogP contribution in [0, 0.1) is 10.8 Å². The Morgan fingerprint density at radius 3 is 1.45 bits per heavy atom. The minimum absolute atomic E-state index is 0.472. The van der Waals surface area contributed by atoms with Crippen LogP contribution in [0.15, 0.2) is 0 Å². The van der Waals surface area contributed by atoms with E-state index in [1.165, 1.54) is 26.9 Å². The number of rotatable bonds is 2. The maximum Gasteiger partial charge on any atom is 0.00247 e. The summed E-state index contributed by atoms with van der Waals surface area (Å²) in [5.41, 5.74) is 1.00. The highest BCUT2D eigenvalue weighted by Gasteiger charge is 2.32. The molecule has 0 bridgehead atoms. The van der Waals surface area contributed by atoms with E-state index in [-0.39, 0.29) is 0 Å². The van der Waals surface area contributed by atoms with E-state index in [2.05, 4.69) is 34.6 Å². The molecule has 0 spiro atoms. The molecule has 0 atom stereocenters. The van der Waals surface area contributed by atoms with E-state index in [1.807, 2.05) is 0 Å². The van der Waals surface area contributed by atoms with E-state index in [4.69, 9.17) is 0 Å². The molecule has 0 N–H and O–H groups in total. The average Bonchev–Trinajstić information content (AvgIpc) is 1.56. The van der Waals surface area contributed by atoms with Crippen LogP contribution in [0.3, 0.4) is 0 Å². The minimum Gasteiger partial charge on any atom is -0.0657 e. The van der Waals surface area contributed by atoms with Crippen molar-refractivity contribution < 1.29 is 0 Å². The summed E-state index contributed by atoms with van der Waals surface area (Å²) in [7, 11) is 2.79. The molecule has 11 heavy (non-hydrogen) atoms. The zero-order chi connectivity index (χ0) is 9.28. The zero-order valence-electron chi connectivity index (χ0n) is 9.28. The maximum absolute atomic E-state index is 2.41. The van der Waals surface area contributed by atoms with E-state index in [9.17, 15) is 0 Å². The minimum atomic E-state index is 0.472. The molecule has 0 unspecified atom stereocenters. The van der Waals surface area contributed by atoms with Crippen molar-refractivity contribution in [2.24, 2.45) is 10.8 Å². The van der Waals surface area contributed by atoms with Crippen LogP contribution in [0.25, 0.3) is 0 Å². The van der Waals surface area contributed by atoms with Crippen LogP contribution in [-0.2, 0) is 0 Å². The van der Waals surface area contributed by atoms with Crippen molar-refractivity contribution in [2.75, 3.05) is 0 Å². The monoisotopic (exact) mass is 188 g/mol. The van der Waals surface area contributed by atoms with Gasteiger partial charge in [0.05, 0.1) is 0 Å². The maximum atomic E-state index is 2.41. The summed E-state index contributed by atoms with van der Waals surface area (Å²) >= 11 is 0. The molecule has 0 nitrogen and oxygen atoms in total. The van der Waals surface area contributed by atoms with Gasteiger partial charge in [-0.3, -0.25) is 0 Å². The van der Waals surface area contributed by atoms with Crippen LogP contribution in [0.4, 0.5) is 0 Å². The van der Waals surface area contributed by atoms with E-state index in [1.54, 1.807) is 0 Å². The van der Waals surface area contributed by atoms with Crippen molar-refractivity contribution in [2.45, 2.75) is 46.2 Å². The van der Waals surface area contributed by atoms with Crippen molar-refractivity contribution >= 4 is 20.5 Å². The van der Waals surface area contributed by atoms with Gasteiger partial charge in [-0.2, -0.15) is 0 Å². The Balaban J connectivity index is 4.22. The molecule has 0 fully saturated rings. The molecule has 0 aliphatic carbocycles. The molecule has 0 radical (unpaired) electrons. The Hall–Kier alpha value is 0.434. The second kappa shape index (κ2) is 3.44. The first kappa shape index (κ1) is 11.4. The highest BCUT2D eigenvalue weighted by molar-refractivity contribution is 6.35. The van der Waals surface area contributed by atoms with E-state index >= 15 is 0 Å². The van der Waals surface area contributed by atoms with Gasteiger partial charge in [0.25, 0.3) is 0 Å². The SMILES string of the molecule is CC(C)(C)C(C)(C)CC([SiH3])[SiH3]. The topological polar surface area (TPSA) is 0 Å². The predicted molar refractivity (Wildman–Crippen MR) is 61.5 cm³/mol. The van der Waals surface area contributed by atoms with Gasteiger partial charge in [-0.25, -0.2) is 0 Å². The van der Waals surface area contributed by atoms with Crippen LogP contribution in [-0.4, -0.2) is 20.5 Å². The molecule has 0 aromatic carbocycles. The third kappa shape index (κ3) is 3.56. The number of hydrogen-bond acceptors (Lipinski definition) is 0. The lowest BCUT2D eigenvalue weighted by molar-refractivity contribution is 0.124. The summed E-state index contributed by atoms with van der Waals surface area (Å²) in [6.07, 6.45) is 1.44. The molecular formula is C9H24Si2. The van der Waals surface area contributed by atoms with Gasteiger partial charge in [-0.1, -0.05) is 46.2 Å². The van der Waals surface area contributed by atoms with Gasteiger partial charge >= 0.3 is 0 Å². The molecule has 0 aliphatic heterocycles. The van der Waals surface area contributed by atoms with Crippen LogP contribution in [0.2, 0.25) is 5.16 Å². The van der Waals surface area contributed by atoms with Crippen molar-refractivity contribution in [3.8, 4) is 0 Å². The Kier molecular flexibility index (Phi) is 3.57. The lowest BCUT2D eigenvalue weighted by Crippen LogP contribution is -2.30. The van der Waals surface area contributed by atoms with Crippen LogP contribution in [0.5, 0.6) is 0 Å². The van der Waals surface area contributed by atoms with Crippen molar-refractivity contribution in [3.05, 3.63) is 0 Å². The van der Waals surface area contributed by atoms with E-state index in [0.717, 1.165) is 5.16 Å². The van der Waals surface area contributed by atoms with Crippen molar-refractivity contribution in [1.29, 1.82) is 0 Å². The second-order valence-electron chi connectivity index (χ2n) is 5.73. The lowest BCUT2D eigenvalue weighted by atomic mass is 9.68. The standard InChI is InChI=1S/C9H24Si2/c1-8(2,3)9(4,5)6-7(10)11/h7H,6H2,1-5,10-11H3. The highest BCUT2D eigenvalue weighted by atomic mass is 28.2. The smallest absolute Gasteiger partial charge is 0.00247 e. The Morgan fingerprint density at radius 2 is 1.36 bits per heavy atom. The third-order valence-corrected chi connectivity index (χ3v) is 3.77. The van der Waals surface area contributed by atoms with Crippen LogP contribution >= 0.6 is 0 Å². The van der Waals surface area contributed by atoms with Gasteiger partial charge in [0.1, 0.15) is 0 Å². The second-order valence-corrected chi connectivity index (χ2v) is 12.0. The summed E-state index contributed by atoms with van der Waals surface area (Å²) in [6.45, 7) is 11.9. The molecule has 0 aliphatic rings. The fraction of sp³-hybridized carbons (Fsp3) is 1.00. The highest BCUT2D eigenvalue weighted by Crippen LogP contribution is 2.42. The first-order valence-electron chi connectivity index (χ1n) is 4.67. The molecule has 68 valence electrons. The summed E-state index contributed by atoms with van der Waals surface area (Å²) in [6, 6.07) is 0. The summed E-state index contributed by atoms with van der Waals surface area (Å²) < 4.78 is 0. The largest absolute Gasteiger partial charge is 0.0657 e. The first-order valence-corrected chi connectivity index (χ1v) is 6.98. The molecule has 0 amide bonds. The Bertz CT molecular complexity index is 120. The molecular weight excluding hydrogens is 164 g/mol. The van der Waals surface area contributed by atoms with Crippen molar-refractivity contribution in [3.63, 3.8) is 0 Å². The molecule has 0 heterocycles. The molecule has 0 saturated heterocycles. The normalized spacial score (nSPS) is 17.2. The van der Waals surface area contributed by atoms with Gasteiger partial charge in [0.2, 0.25) is 0 Å². The van der Waals surface area contributed by atoms with Gasteiger partial charge in [-0.15, -0.1) is 0 Å². The molecule has 0 aromatic heterocycles. The van der Waals surface area contributed by atoms with Gasteiger partial charge in [0, 0.05) is 20.5 Å². The average molecular weight is 188 g/mol. The van der Waals surface area contributed by atoms with Crippen LogP contribution in [0.1, 0.15) is 41.0 Å². The van der Waals surface area contributed by atoms with E-state index in [0.29, 0.717) is 10.8 Å². The Labute approximate surface area is 78.0 Å². The fourth-order valence-corrected chi connectivity index (χ4v) is 3.37.